The Balaban J connectivity index is 2.68. The van der Waals surface area contributed by atoms with E-state index in [1.165, 1.54) is 12.1 Å². The Bertz CT molecular complexity index is 423. The third-order valence-corrected chi connectivity index (χ3v) is 1.80. The molecule has 0 saturated heterocycles. The Morgan fingerprint density at radius 1 is 1.29 bits per heavy atom. The molecule has 0 atom stereocenters. The summed E-state index contributed by atoms with van der Waals surface area (Å²) in [6.45, 7) is -0.562. The minimum Gasteiger partial charge on any atom is -0.371 e. The fourth-order valence-electron chi connectivity index (χ4n) is 1.22. The Morgan fingerprint density at radius 2 is 2.06 bits per heavy atom. The van der Waals surface area contributed by atoms with Gasteiger partial charge in [0.05, 0.1) is 13.2 Å². The molecule has 2 nitrogen and oxygen atoms in total. The van der Waals surface area contributed by atoms with Crippen molar-refractivity contribution in [2.75, 3.05) is 13.2 Å². The van der Waals surface area contributed by atoms with Gasteiger partial charge in [0.1, 0.15) is 12.4 Å². The number of hydrogen-bond acceptors (Lipinski definition) is 2. The molecule has 0 saturated carbocycles. The van der Waals surface area contributed by atoms with Crippen molar-refractivity contribution in [2.24, 2.45) is 5.73 Å². The Morgan fingerprint density at radius 3 is 2.71 bits per heavy atom. The molecule has 1 rings (SSSR count). The third kappa shape index (κ3) is 5.38. The van der Waals surface area contributed by atoms with Gasteiger partial charge >= 0.3 is 0 Å². The van der Waals surface area contributed by atoms with Gasteiger partial charge in [0.2, 0.25) is 0 Å². The summed E-state index contributed by atoms with van der Waals surface area (Å²) in [5.41, 5.74) is 6.11. The van der Waals surface area contributed by atoms with E-state index in [0.717, 1.165) is 0 Å². The highest BCUT2D eigenvalue weighted by atomic mass is 19.3. The highest BCUT2D eigenvalue weighted by Gasteiger charge is 2.04. The lowest BCUT2D eigenvalue weighted by Gasteiger charge is -2.04. The molecule has 1 aromatic carbocycles. The number of halogens is 3. The molecular weight excluding hydrogens is 231 g/mol. The molecule has 0 bridgehead atoms. The maximum Gasteiger partial charge on any atom is 0.261 e. The van der Waals surface area contributed by atoms with E-state index in [1.807, 2.05) is 0 Å². The van der Waals surface area contributed by atoms with Crippen LogP contribution >= 0.6 is 0 Å². The maximum atomic E-state index is 13.1. The quantitative estimate of drug-likeness (QED) is 0.820. The average molecular weight is 243 g/mol. The Hall–Kier alpha value is -1.51. The zero-order valence-corrected chi connectivity index (χ0v) is 9.05. The van der Waals surface area contributed by atoms with Crippen molar-refractivity contribution >= 4 is 0 Å². The largest absolute Gasteiger partial charge is 0.371 e. The second-order valence-corrected chi connectivity index (χ2v) is 3.26. The molecule has 92 valence electrons. The van der Waals surface area contributed by atoms with E-state index < -0.39 is 18.8 Å². The van der Waals surface area contributed by atoms with E-state index in [2.05, 4.69) is 11.8 Å². The van der Waals surface area contributed by atoms with Gasteiger partial charge in [-0.1, -0.05) is 11.8 Å². The van der Waals surface area contributed by atoms with E-state index in [4.69, 9.17) is 10.5 Å². The third-order valence-electron chi connectivity index (χ3n) is 1.80. The fraction of sp³-hybridized carbons (Fsp3) is 0.333. The number of ether oxygens (including phenoxy) is 1. The summed E-state index contributed by atoms with van der Waals surface area (Å²) in [4.78, 5) is 0. The minimum atomic E-state index is -2.53. The van der Waals surface area contributed by atoms with Gasteiger partial charge in [0.15, 0.2) is 0 Å². The molecule has 0 unspecified atom stereocenters. The van der Waals surface area contributed by atoms with Crippen LogP contribution in [0.5, 0.6) is 0 Å². The summed E-state index contributed by atoms with van der Waals surface area (Å²) in [5, 5.41) is 0. The van der Waals surface area contributed by atoms with Crippen molar-refractivity contribution in [1.82, 2.24) is 0 Å². The highest BCUT2D eigenvalue weighted by molar-refractivity contribution is 5.37. The summed E-state index contributed by atoms with van der Waals surface area (Å²) >= 11 is 0. The lowest BCUT2D eigenvalue weighted by atomic mass is 10.1. The van der Waals surface area contributed by atoms with Gasteiger partial charge in [0, 0.05) is 5.56 Å². The standard InChI is InChI=1S/C12H12F3NO/c13-11-5-9(2-1-3-16)4-10(6-11)7-17-8-12(14)15/h4-6,12H,3,7-8,16H2. The molecule has 1 aromatic rings. The lowest BCUT2D eigenvalue weighted by molar-refractivity contribution is 0.00982. The molecule has 17 heavy (non-hydrogen) atoms. The van der Waals surface area contributed by atoms with E-state index >= 15 is 0 Å². The number of benzene rings is 1. The van der Waals surface area contributed by atoms with Crippen molar-refractivity contribution in [3.05, 3.63) is 35.1 Å². The molecule has 0 radical (unpaired) electrons. The molecule has 0 aliphatic heterocycles. The number of rotatable bonds is 4. The average Bonchev–Trinajstić information content (AvgIpc) is 2.25. The lowest BCUT2D eigenvalue weighted by Crippen LogP contribution is -2.04. The zero-order chi connectivity index (χ0) is 12.7. The summed E-state index contributed by atoms with van der Waals surface area (Å²) in [5.74, 6) is 4.77. The van der Waals surface area contributed by atoms with Gasteiger partial charge in [-0.25, -0.2) is 13.2 Å². The monoisotopic (exact) mass is 243 g/mol. The summed E-state index contributed by atoms with van der Waals surface area (Å²) in [6, 6.07) is 4.05. The predicted octanol–water partition coefficient (Wildman–Crippen LogP) is 1.92. The minimum absolute atomic E-state index is 0.0700. The molecule has 0 heterocycles. The van der Waals surface area contributed by atoms with E-state index in [1.54, 1.807) is 6.07 Å². The van der Waals surface area contributed by atoms with Crippen molar-refractivity contribution in [1.29, 1.82) is 0 Å². The van der Waals surface area contributed by atoms with Crippen LogP contribution in [0.25, 0.3) is 0 Å². The molecule has 0 spiro atoms. The van der Waals surface area contributed by atoms with Crippen LogP contribution in [0.2, 0.25) is 0 Å². The van der Waals surface area contributed by atoms with Crippen molar-refractivity contribution in [2.45, 2.75) is 13.0 Å². The van der Waals surface area contributed by atoms with Gasteiger partial charge in [-0.15, -0.1) is 0 Å². The maximum absolute atomic E-state index is 13.1. The molecule has 0 aromatic heterocycles. The highest BCUT2D eigenvalue weighted by Crippen LogP contribution is 2.10. The first kappa shape index (κ1) is 13.6. The van der Waals surface area contributed by atoms with Gasteiger partial charge in [-0.2, -0.15) is 0 Å². The van der Waals surface area contributed by atoms with Gasteiger partial charge < -0.3 is 10.5 Å². The van der Waals surface area contributed by atoms with Crippen LogP contribution in [0, 0.1) is 17.7 Å². The van der Waals surface area contributed by atoms with E-state index in [-0.39, 0.29) is 13.2 Å². The number of hydrogen-bond donors (Lipinski definition) is 1. The van der Waals surface area contributed by atoms with Crippen LogP contribution in [-0.2, 0) is 11.3 Å². The second-order valence-electron chi connectivity index (χ2n) is 3.26. The van der Waals surface area contributed by atoms with Crippen molar-refractivity contribution in [3.8, 4) is 11.8 Å². The first-order valence-corrected chi connectivity index (χ1v) is 4.96. The first-order valence-electron chi connectivity index (χ1n) is 4.96. The molecule has 0 aliphatic rings. The number of alkyl halides is 2. The van der Waals surface area contributed by atoms with E-state index in [0.29, 0.717) is 11.1 Å². The molecule has 5 heteroatoms. The van der Waals surface area contributed by atoms with Gasteiger partial charge in [-0.3, -0.25) is 0 Å². The number of nitrogens with two attached hydrogens (primary N) is 1. The second kappa shape index (κ2) is 6.94. The predicted molar refractivity (Wildman–Crippen MR) is 58.0 cm³/mol. The van der Waals surface area contributed by atoms with Gasteiger partial charge in [0.25, 0.3) is 6.43 Å². The Kier molecular flexibility index (Phi) is 5.53. The summed E-state index contributed by atoms with van der Waals surface area (Å²) in [6.07, 6.45) is -2.53. The first-order chi connectivity index (χ1) is 8.11. The van der Waals surface area contributed by atoms with Gasteiger partial charge in [-0.05, 0) is 23.8 Å². The topological polar surface area (TPSA) is 35.2 Å². The van der Waals surface area contributed by atoms with Crippen molar-refractivity contribution < 1.29 is 17.9 Å². The van der Waals surface area contributed by atoms with Crippen LogP contribution < -0.4 is 5.73 Å². The van der Waals surface area contributed by atoms with Crippen molar-refractivity contribution in [3.63, 3.8) is 0 Å². The molecule has 0 amide bonds. The Labute approximate surface area is 97.6 Å². The molecule has 0 fully saturated rings. The van der Waals surface area contributed by atoms with Crippen LogP contribution in [0.3, 0.4) is 0 Å². The SMILES string of the molecule is NCC#Cc1cc(F)cc(COCC(F)F)c1. The van der Waals surface area contributed by atoms with E-state index in [9.17, 15) is 13.2 Å². The van der Waals surface area contributed by atoms with Crippen LogP contribution in [0.15, 0.2) is 18.2 Å². The molecule has 0 aliphatic carbocycles. The van der Waals surface area contributed by atoms with Crippen LogP contribution in [0.4, 0.5) is 13.2 Å². The zero-order valence-electron chi connectivity index (χ0n) is 9.05. The molecule has 2 N–H and O–H groups in total. The summed E-state index contributed by atoms with van der Waals surface area (Å²) < 4.78 is 41.5. The van der Waals surface area contributed by atoms with Crippen LogP contribution in [-0.4, -0.2) is 19.6 Å². The smallest absolute Gasteiger partial charge is 0.261 e. The fourth-order valence-corrected chi connectivity index (χ4v) is 1.22. The normalized spacial score (nSPS) is 10.2. The summed E-state index contributed by atoms with van der Waals surface area (Å²) in [7, 11) is 0. The van der Waals surface area contributed by atoms with Crippen LogP contribution in [0.1, 0.15) is 11.1 Å². The molecular formula is C12H12F3NO.